The summed E-state index contributed by atoms with van der Waals surface area (Å²) in [5.74, 6) is -3.10. The molecule has 5 nitrogen and oxygen atoms in total. The number of amides is 1. The van der Waals surface area contributed by atoms with E-state index in [9.17, 15) is 30.3 Å². The van der Waals surface area contributed by atoms with Crippen molar-refractivity contribution < 1.29 is 30.3 Å². The second kappa shape index (κ2) is 5.24. The zero-order valence-electron chi connectivity index (χ0n) is 10.5. The summed E-state index contributed by atoms with van der Waals surface area (Å²) in [5.41, 5.74) is -1.10. The highest BCUT2D eigenvalue weighted by Gasteiger charge is 2.40. The van der Waals surface area contributed by atoms with E-state index < -0.39 is 45.4 Å². The molecule has 0 bridgehead atoms. The van der Waals surface area contributed by atoms with E-state index in [0.717, 1.165) is 23.2 Å². The summed E-state index contributed by atoms with van der Waals surface area (Å²) in [6, 6.07) is 1.85. The molecule has 0 saturated carbocycles. The molecule has 1 aromatic rings. The van der Waals surface area contributed by atoms with Crippen molar-refractivity contribution in [2.45, 2.75) is 12.6 Å². The highest BCUT2D eigenvalue weighted by atomic mass is 32.3. The van der Waals surface area contributed by atoms with Gasteiger partial charge in [0.25, 0.3) is 0 Å². The smallest absolute Gasteiger partial charge is 0.296 e. The lowest BCUT2D eigenvalue weighted by atomic mass is 10.1. The van der Waals surface area contributed by atoms with Crippen LogP contribution in [0.2, 0.25) is 0 Å². The first kappa shape index (κ1) is 15.7. The molecule has 2 rings (SSSR count). The van der Waals surface area contributed by atoms with E-state index in [2.05, 4.69) is 4.98 Å². The standard InChI is InChI=1S/C11H10F4N2O3S/c12-11(13,14)8-2-1-3-16-10(8)17-5-7(4-9(17)18)6-21(15,19)20/h1-3,7H,4-6H2. The highest BCUT2D eigenvalue weighted by molar-refractivity contribution is 7.86. The van der Waals surface area contributed by atoms with Gasteiger partial charge in [-0.05, 0) is 12.1 Å². The molecule has 1 atom stereocenters. The third-order valence-corrected chi connectivity index (χ3v) is 3.86. The minimum Gasteiger partial charge on any atom is -0.296 e. The van der Waals surface area contributed by atoms with Crippen LogP contribution in [-0.2, 0) is 21.2 Å². The molecule has 1 amide bonds. The molecule has 0 N–H and O–H groups in total. The average molecular weight is 326 g/mol. The van der Waals surface area contributed by atoms with E-state index in [1.54, 1.807) is 0 Å². The molecule has 1 saturated heterocycles. The largest absolute Gasteiger partial charge is 0.419 e. The van der Waals surface area contributed by atoms with Gasteiger partial charge in [0, 0.05) is 25.1 Å². The number of anilines is 1. The Bertz CT molecular complexity index is 660. The number of carbonyl (C=O) groups excluding carboxylic acids is 1. The summed E-state index contributed by atoms with van der Waals surface area (Å²) in [6.07, 6.45) is -3.94. The fourth-order valence-electron chi connectivity index (χ4n) is 2.21. The maximum Gasteiger partial charge on any atom is 0.419 e. The lowest BCUT2D eigenvalue weighted by Crippen LogP contribution is -2.29. The van der Waals surface area contributed by atoms with Crippen molar-refractivity contribution in [2.24, 2.45) is 5.92 Å². The monoisotopic (exact) mass is 326 g/mol. The van der Waals surface area contributed by atoms with Crippen LogP contribution in [0, 0.1) is 5.92 Å². The first-order valence-corrected chi connectivity index (χ1v) is 7.38. The summed E-state index contributed by atoms with van der Waals surface area (Å²) in [7, 11) is -4.80. The van der Waals surface area contributed by atoms with Gasteiger partial charge in [0.2, 0.25) is 5.91 Å². The first-order valence-electron chi connectivity index (χ1n) is 5.83. The molecule has 21 heavy (non-hydrogen) atoms. The second-order valence-electron chi connectivity index (χ2n) is 4.65. The van der Waals surface area contributed by atoms with Gasteiger partial charge in [0.05, 0.1) is 11.3 Å². The summed E-state index contributed by atoms with van der Waals surface area (Å²) >= 11 is 0. The van der Waals surface area contributed by atoms with Crippen LogP contribution in [0.1, 0.15) is 12.0 Å². The van der Waals surface area contributed by atoms with Crippen LogP contribution in [0.3, 0.4) is 0 Å². The lowest BCUT2D eigenvalue weighted by Gasteiger charge is -2.20. The Morgan fingerprint density at radius 1 is 1.38 bits per heavy atom. The van der Waals surface area contributed by atoms with Gasteiger partial charge in [-0.2, -0.15) is 21.6 Å². The number of rotatable bonds is 3. The van der Waals surface area contributed by atoms with Gasteiger partial charge in [0.1, 0.15) is 5.82 Å². The van der Waals surface area contributed by atoms with Crippen LogP contribution < -0.4 is 4.90 Å². The number of hydrogen-bond acceptors (Lipinski definition) is 4. The van der Waals surface area contributed by atoms with Crippen molar-refractivity contribution >= 4 is 21.9 Å². The number of pyridine rings is 1. The van der Waals surface area contributed by atoms with Gasteiger partial charge in [-0.25, -0.2) is 4.98 Å². The average Bonchev–Trinajstić information content (AvgIpc) is 2.66. The molecule has 1 aromatic heterocycles. The molecule has 0 aromatic carbocycles. The van der Waals surface area contributed by atoms with Gasteiger partial charge in [-0.1, -0.05) is 0 Å². The van der Waals surface area contributed by atoms with E-state index in [-0.39, 0.29) is 13.0 Å². The summed E-state index contributed by atoms with van der Waals surface area (Å²) in [6.45, 7) is -0.317. The predicted octanol–water partition coefficient (Wildman–Crippen LogP) is 1.75. The van der Waals surface area contributed by atoms with Gasteiger partial charge in [-0.15, -0.1) is 3.89 Å². The Morgan fingerprint density at radius 2 is 2.05 bits per heavy atom. The van der Waals surface area contributed by atoms with Crippen LogP contribution in [0.25, 0.3) is 0 Å². The van der Waals surface area contributed by atoms with E-state index in [1.807, 2.05) is 0 Å². The Hall–Kier alpha value is -1.71. The number of nitrogens with zero attached hydrogens (tertiary/aromatic N) is 2. The van der Waals surface area contributed by atoms with Gasteiger partial charge >= 0.3 is 16.4 Å². The van der Waals surface area contributed by atoms with Crippen LogP contribution >= 0.6 is 0 Å². The molecule has 1 aliphatic heterocycles. The molecule has 2 heterocycles. The van der Waals surface area contributed by atoms with Gasteiger partial charge in [-0.3, -0.25) is 9.69 Å². The van der Waals surface area contributed by atoms with Crippen molar-refractivity contribution in [3.63, 3.8) is 0 Å². The fourth-order valence-corrected chi connectivity index (χ4v) is 3.00. The first-order chi connectivity index (χ1) is 9.58. The van der Waals surface area contributed by atoms with E-state index in [1.165, 1.54) is 0 Å². The SMILES string of the molecule is O=C1CC(CS(=O)(=O)F)CN1c1ncccc1C(F)(F)F. The minimum absolute atomic E-state index is 0.317. The van der Waals surface area contributed by atoms with Gasteiger partial charge < -0.3 is 0 Å². The highest BCUT2D eigenvalue weighted by Crippen LogP contribution is 2.37. The van der Waals surface area contributed by atoms with Crippen molar-refractivity contribution in [3.05, 3.63) is 23.9 Å². The molecule has 1 aliphatic rings. The molecule has 0 radical (unpaired) electrons. The third kappa shape index (κ3) is 3.69. The van der Waals surface area contributed by atoms with Crippen molar-refractivity contribution in [1.29, 1.82) is 0 Å². The maximum atomic E-state index is 12.9. The number of hydrogen-bond donors (Lipinski definition) is 0. The molecule has 0 spiro atoms. The molecule has 116 valence electrons. The van der Waals surface area contributed by atoms with Crippen molar-refractivity contribution in [3.8, 4) is 0 Å². The van der Waals surface area contributed by atoms with Crippen LogP contribution in [0.5, 0.6) is 0 Å². The molecule has 1 unspecified atom stereocenters. The van der Waals surface area contributed by atoms with Gasteiger partial charge in [0.15, 0.2) is 0 Å². The summed E-state index contributed by atoms with van der Waals surface area (Å²) in [5, 5.41) is 0. The molecule has 1 fully saturated rings. The minimum atomic E-state index is -4.80. The molecular formula is C11H10F4N2O3S. The number of halogens is 4. The quantitative estimate of drug-likeness (QED) is 0.627. The normalized spacial score (nSPS) is 20.1. The summed E-state index contributed by atoms with van der Waals surface area (Å²) in [4.78, 5) is 16.1. The zero-order valence-corrected chi connectivity index (χ0v) is 11.3. The number of aromatic nitrogens is 1. The van der Waals surface area contributed by atoms with Crippen LogP contribution in [0.4, 0.5) is 22.9 Å². The van der Waals surface area contributed by atoms with E-state index >= 15 is 0 Å². The Labute approximate surface area is 117 Å². The number of alkyl halides is 3. The summed E-state index contributed by atoms with van der Waals surface area (Å²) < 4.78 is 72.3. The van der Waals surface area contributed by atoms with Crippen LogP contribution in [-0.4, -0.2) is 31.6 Å². The molecule has 10 heteroatoms. The molecular weight excluding hydrogens is 316 g/mol. The van der Waals surface area contributed by atoms with Crippen molar-refractivity contribution in [2.75, 3.05) is 17.2 Å². The lowest BCUT2D eigenvalue weighted by molar-refractivity contribution is -0.137. The Morgan fingerprint density at radius 3 is 2.62 bits per heavy atom. The third-order valence-electron chi connectivity index (χ3n) is 2.99. The topological polar surface area (TPSA) is 67.3 Å². The second-order valence-corrected chi connectivity index (χ2v) is 6.06. The predicted molar refractivity (Wildman–Crippen MR) is 64.6 cm³/mol. The Balaban J connectivity index is 2.30. The van der Waals surface area contributed by atoms with Crippen LogP contribution in [0.15, 0.2) is 18.3 Å². The number of carbonyl (C=O) groups is 1. The molecule has 0 aliphatic carbocycles. The fraction of sp³-hybridized carbons (Fsp3) is 0.455. The Kier molecular flexibility index (Phi) is 3.91. The van der Waals surface area contributed by atoms with E-state index in [0.29, 0.717) is 0 Å². The van der Waals surface area contributed by atoms with E-state index in [4.69, 9.17) is 0 Å². The maximum absolute atomic E-state index is 12.9. The van der Waals surface area contributed by atoms with Crippen molar-refractivity contribution in [1.82, 2.24) is 4.98 Å². The zero-order chi connectivity index (χ0) is 15.8.